The Morgan fingerprint density at radius 3 is 2.84 bits per heavy atom. The summed E-state index contributed by atoms with van der Waals surface area (Å²) < 4.78 is 5.34. The molecule has 0 N–H and O–H groups in total. The Morgan fingerprint density at radius 1 is 1.32 bits per heavy atom. The topological polar surface area (TPSA) is 32.5 Å². The van der Waals surface area contributed by atoms with Gasteiger partial charge in [-0.2, -0.15) is 0 Å². The molecule has 3 rings (SSSR count). The first kappa shape index (κ1) is 12.3. The zero-order valence-corrected chi connectivity index (χ0v) is 11.2. The number of benzene rings is 1. The molecule has 19 heavy (non-hydrogen) atoms. The normalized spacial score (nSPS) is 16.7. The zero-order valence-electron chi connectivity index (χ0n) is 10.5. The van der Waals surface area contributed by atoms with Crippen LogP contribution in [-0.4, -0.2) is 42.8 Å². The third-order valence-electron chi connectivity index (χ3n) is 3.40. The second-order valence-electron chi connectivity index (χ2n) is 4.61. The van der Waals surface area contributed by atoms with E-state index < -0.39 is 0 Å². The van der Waals surface area contributed by atoms with Gasteiger partial charge in [0.2, 0.25) is 0 Å². The number of hydrogen-bond acceptors (Lipinski definition) is 4. The van der Waals surface area contributed by atoms with Crippen molar-refractivity contribution < 1.29 is 4.52 Å². The lowest BCUT2D eigenvalue weighted by Gasteiger charge is -2.33. The van der Waals surface area contributed by atoms with Crippen molar-refractivity contribution in [1.29, 1.82) is 0 Å². The van der Waals surface area contributed by atoms with E-state index in [0.717, 1.165) is 43.0 Å². The van der Waals surface area contributed by atoms with Gasteiger partial charge in [-0.3, -0.25) is 4.90 Å². The molecule has 2 heterocycles. The molecule has 0 spiro atoms. The molecule has 0 bridgehead atoms. The van der Waals surface area contributed by atoms with Crippen LogP contribution in [0.4, 0.5) is 5.82 Å². The smallest absolute Gasteiger partial charge is 0.180 e. The van der Waals surface area contributed by atoms with Crippen molar-refractivity contribution in [2.45, 2.75) is 0 Å². The van der Waals surface area contributed by atoms with E-state index in [2.05, 4.69) is 20.9 Å². The third kappa shape index (κ3) is 2.40. The predicted molar refractivity (Wildman–Crippen MR) is 76.5 cm³/mol. The zero-order chi connectivity index (χ0) is 13.2. The van der Waals surface area contributed by atoms with Crippen LogP contribution in [0.3, 0.4) is 0 Å². The van der Waals surface area contributed by atoms with Gasteiger partial charge in [0.15, 0.2) is 11.4 Å². The van der Waals surface area contributed by atoms with Gasteiger partial charge in [0, 0.05) is 37.3 Å². The molecule has 1 saturated heterocycles. The molecule has 0 unspecified atom stereocenters. The maximum absolute atomic E-state index is 5.94. The number of piperazine rings is 1. The second kappa shape index (κ2) is 5.12. The molecule has 1 fully saturated rings. The first-order chi connectivity index (χ1) is 9.28. The van der Waals surface area contributed by atoms with Crippen LogP contribution in [0, 0.1) is 12.3 Å². The summed E-state index contributed by atoms with van der Waals surface area (Å²) in [5.74, 6) is 3.58. The van der Waals surface area contributed by atoms with Crippen molar-refractivity contribution in [3.05, 3.63) is 23.2 Å². The summed E-state index contributed by atoms with van der Waals surface area (Å²) in [4.78, 5) is 4.49. The number of aromatic nitrogens is 1. The molecule has 4 nitrogen and oxygen atoms in total. The van der Waals surface area contributed by atoms with Crippen molar-refractivity contribution in [3.8, 4) is 12.3 Å². The van der Waals surface area contributed by atoms with Crippen LogP contribution >= 0.6 is 11.6 Å². The van der Waals surface area contributed by atoms with E-state index in [-0.39, 0.29) is 0 Å². The molecule has 0 amide bonds. The molecule has 0 radical (unpaired) electrons. The molecule has 1 aromatic heterocycles. The van der Waals surface area contributed by atoms with E-state index in [1.165, 1.54) is 0 Å². The van der Waals surface area contributed by atoms with E-state index in [9.17, 15) is 0 Å². The number of hydrogen-bond donors (Lipinski definition) is 0. The van der Waals surface area contributed by atoms with Gasteiger partial charge >= 0.3 is 0 Å². The highest BCUT2D eigenvalue weighted by molar-refractivity contribution is 6.31. The summed E-state index contributed by atoms with van der Waals surface area (Å²) in [5.41, 5.74) is 0.730. The fraction of sp³-hybridized carbons (Fsp3) is 0.357. The molecule has 0 atom stereocenters. The largest absolute Gasteiger partial charge is 0.354 e. The number of halogens is 1. The second-order valence-corrected chi connectivity index (χ2v) is 5.05. The molecular weight excluding hydrogens is 262 g/mol. The highest BCUT2D eigenvalue weighted by Gasteiger charge is 2.21. The molecule has 2 aromatic rings. The van der Waals surface area contributed by atoms with Gasteiger partial charge in [-0.1, -0.05) is 22.7 Å². The van der Waals surface area contributed by atoms with Crippen molar-refractivity contribution >= 4 is 28.4 Å². The summed E-state index contributed by atoms with van der Waals surface area (Å²) in [5, 5.41) is 5.83. The van der Waals surface area contributed by atoms with Gasteiger partial charge in [0.25, 0.3) is 0 Å². The number of anilines is 1. The predicted octanol–water partition coefficient (Wildman–Crippen LogP) is 2.24. The van der Waals surface area contributed by atoms with Crippen LogP contribution in [0.15, 0.2) is 22.7 Å². The fourth-order valence-electron chi connectivity index (χ4n) is 2.37. The van der Waals surface area contributed by atoms with Crippen LogP contribution in [0.5, 0.6) is 0 Å². The monoisotopic (exact) mass is 275 g/mol. The summed E-state index contributed by atoms with van der Waals surface area (Å²) in [6, 6.07) is 5.61. The van der Waals surface area contributed by atoms with Gasteiger partial charge in [0.1, 0.15) is 0 Å². The minimum absolute atomic E-state index is 0.661. The third-order valence-corrected chi connectivity index (χ3v) is 3.64. The van der Waals surface area contributed by atoms with Crippen molar-refractivity contribution in [2.75, 3.05) is 37.6 Å². The Morgan fingerprint density at radius 2 is 2.11 bits per heavy atom. The van der Waals surface area contributed by atoms with E-state index in [1.54, 1.807) is 6.07 Å². The van der Waals surface area contributed by atoms with E-state index >= 15 is 0 Å². The first-order valence-corrected chi connectivity index (χ1v) is 6.61. The van der Waals surface area contributed by atoms with Gasteiger partial charge in [-0.15, -0.1) is 6.42 Å². The van der Waals surface area contributed by atoms with Crippen LogP contribution in [0.25, 0.3) is 11.0 Å². The van der Waals surface area contributed by atoms with Gasteiger partial charge in [-0.25, -0.2) is 0 Å². The molecular formula is C14H14ClN3O. The van der Waals surface area contributed by atoms with Crippen LogP contribution in [0.2, 0.25) is 5.02 Å². The lowest BCUT2D eigenvalue weighted by molar-refractivity contribution is 0.286. The summed E-state index contributed by atoms with van der Waals surface area (Å²) in [6.45, 7) is 4.43. The average Bonchev–Trinajstić information content (AvgIpc) is 2.83. The first-order valence-electron chi connectivity index (χ1n) is 6.23. The van der Waals surface area contributed by atoms with Crippen LogP contribution in [0.1, 0.15) is 0 Å². The molecule has 0 saturated carbocycles. The minimum atomic E-state index is 0.661. The lowest BCUT2D eigenvalue weighted by Crippen LogP contribution is -2.46. The summed E-state index contributed by atoms with van der Waals surface area (Å²) in [7, 11) is 0. The van der Waals surface area contributed by atoms with Gasteiger partial charge in [0.05, 0.1) is 11.9 Å². The Bertz CT molecular complexity index is 623. The van der Waals surface area contributed by atoms with E-state index in [1.807, 2.05) is 12.1 Å². The molecule has 98 valence electrons. The Kier molecular flexibility index (Phi) is 3.33. The van der Waals surface area contributed by atoms with Gasteiger partial charge in [-0.05, 0) is 12.1 Å². The van der Waals surface area contributed by atoms with Gasteiger partial charge < -0.3 is 9.42 Å². The van der Waals surface area contributed by atoms with E-state index in [4.69, 9.17) is 22.5 Å². The number of nitrogens with zero attached hydrogens (tertiary/aromatic N) is 3. The number of rotatable bonds is 2. The molecule has 1 aliphatic rings. The Hall–Kier alpha value is -1.70. The van der Waals surface area contributed by atoms with Crippen LogP contribution < -0.4 is 4.90 Å². The average molecular weight is 276 g/mol. The Labute approximate surface area is 116 Å². The van der Waals surface area contributed by atoms with E-state index in [0.29, 0.717) is 11.6 Å². The standard InChI is InChI=1S/C14H14ClN3O/c1-2-5-17-6-8-18(9-7-17)14-12-4-3-11(15)10-13(12)19-16-14/h1,3-4,10H,5-9H2. The molecule has 0 aliphatic carbocycles. The quantitative estimate of drug-likeness (QED) is 0.787. The summed E-state index contributed by atoms with van der Waals surface area (Å²) >= 11 is 5.94. The maximum Gasteiger partial charge on any atom is 0.180 e. The number of fused-ring (bicyclic) bond motifs is 1. The molecule has 1 aromatic carbocycles. The van der Waals surface area contributed by atoms with Crippen molar-refractivity contribution in [2.24, 2.45) is 0 Å². The SMILES string of the molecule is C#CCN1CCN(c2noc3cc(Cl)ccc23)CC1. The number of terminal acetylenes is 1. The highest BCUT2D eigenvalue weighted by Crippen LogP contribution is 2.28. The van der Waals surface area contributed by atoms with Crippen LogP contribution in [-0.2, 0) is 0 Å². The van der Waals surface area contributed by atoms with Crippen molar-refractivity contribution in [3.63, 3.8) is 0 Å². The summed E-state index contributed by atoms with van der Waals surface area (Å²) in [6.07, 6.45) is 5.33. The Balaban J connectivity index is 1.81. The molecule has 5 heteroatoms. The van der Waals surface area contributed by atoms with Crippen molar-refractivity contribution in [1.82, 2.24) is 10.1 Å². The maximum atomic E-state index is 5.94. The lowest BCUT2D eigenvalue weighted by atomic mass is 10.2. The molecule has 1 aliphatic heterocycles. The fourth-order valence-corrected chi connectivity index (χ4v) is 2.54. The minimum Gasteiger partial charge on any atom is -0.354 e. The highest BCUT2D eigenvalue weighted by atomic mass is 35.5.